The molecule has 1 heterocycles. The summed E-state index contributed by atoms with van der Waals surface area (Å²) in [6.07, 6.45) is 4.34. The largest absolute Gasteiger partial charge is 0.398 e. The molecule has 9 heteroatoms. The summed E-state index contributed by atoms with van der Waals surface area (Å²) in [4.78, 5) is 8.98. The first-order valence-electron chi connectivity index (χ1n) is 45.6. The summed E-state index contributed by atoms with van der Waals surface area (Å²) < 4.78 is 0. The lowest BCUT2D eigenvalue weighted by Crippen LogP contribution is -2.02. The molecule has 0 unspecified atom stereocenters. The van der Waals surface area contributed by atoms with E-state index in [2.05, 4.69) is 335 Å². The van der Waals surface area contributed by atoms with Gasteiger partial charge in [-0.05, 0) is 365 Å². The van der Waals surface area contributed by atoms with Crippen LogP contribution in [-0.2, 0) is 0 Å². The quantitative estimate of drug-likeness (QED) is 0.0451. The van der Waals surface area contributed by atoms with Crippen molar-refractivity contribution in [1.82, 2.24) is 0 Å². The van der Waals surface area contributed by atoms with Crippen LogP contribution < -0.4 is 22.9 Å². The molecule has 27 rings (SSSR count). The molecule has 0 atom stereocenters. The fourth-order valence-corrected chi connectivity index (χ4v) is 24.5. The van der Waals surface area contributed by atoms with Crippen LogP contribution in [0.5, 0.6) is 0 Å². The number of anilines is 4. The Kier molecular flexibility index (Phi) is 24.0. The number of nitrogen functional groups attached to an aromatic ring is 4. The number of thiol groups is 2. The Morgan fingerprint density at radius 3 is 0.898 bits per heavy atom. The summed E-state index contributed by atoms with van der Waals surface area (Å²) in [7, 11) is 0. The van der Waals surface area contributed by atoms with Gasteiger partial charge in [-0.1, -0.05) is 351 Å². The van der Waals surface area contributed by atoms with Crippen molar-refractivity contribution in [3.8, 4) is 11.1 Å². The van der Waals surface area contributed by atoms with Crippen molar-refractivity contribution < 1.29 is 0 Å². The number of allylic oxidation sites excluding steroid dienone is 10. The zero-order valence-corrected chi connectivity index (χ0v) is 80.3. The third kappa shape index (κ3) is 15.8. The van der Waals surface area contributed by atoms with E-state index in [0.29, 0.717) is 0 Å². The Bertz CT molecular complexity index is 8580. The molecule has 0 bridgehead atoms. The van der Waals surface area contributed by atoms with Crippen molar-refractivity contribution in [1.29, 1.82) is 0 Å². The molecule has 4 nitrogen and oxygen atoms in total. The average molecular weight is 1860 g/mol. The highest BCUT2D eigenvalue weighted by molar-refractivity contribution is 8.00. The zero-order valence-electron chi connectivity index (χ0n) is 76.1. The minimum Gasteiger partial charge on any atom is -0.398 e. The van der Waals surface area contributed by atoms with E-state index < -0.39 is 0 Å². The van der Waals surface area contributed by atoms with E-state index in [0.717, 1.165) is 96.7 Å². The molecular weight excluding hydrogens is 1750 g/mol. The second-order valence-corrected chi connectivity index (χ2v) is 40.3. The molecule has 0 saturated heterocycles. The van der Waals surface area contributed by atoms with Crippen LogP contribution in [0.2, 0.25) is 0 Å². The van der Waals surface area contributed by atoms with Gasteiger partial charge in [-0.15, -0.1) is 25.3 Å². The average Bonchev–Trinajstić information content (AvgIpc) is 0.703. The maximum atomic E-state index is 6.26. The van der Waals surface area contributed by atoms with Crippen molar-refractivity contribution in [2.45, 2.75) is 92.5 Å². The van der Waals surface area contributed by atoms with Gasteiger partial charge in [0.2, 0.25) is 0 Å². The number of para-hydroxylation sites is 4. The van der Waals surface area contributed by atoms with E-state index in [1.54, 1.807) is 23.5 Å². The van der Waals surface area contributed by atoms with Crippen molar-refractivity contribution in [2.24, 2.45) is 0 Å². The standard InChI is InChI=1S/C31H21NS.C26H18.C21H17NS.C21H14S.C16H14.2C6H7NS.CH4/c1-17-16-18(2)20-11-13-24-22-14-15-27(33-28-9-4-3-8-26(28)32)25-7-5-6-21(29(22)25)23-12-10-19(17)30(20)31(23)24;1-14-7-8-21-23-12-10-19-16(3)13-15(2)18-9-11-22(26(23)25(18)19)20-6-4-5-17(14)24(20)21;1-13-12-14(2)16-10-11-19(17-7-5-6-15(13)21(16)17)23-20-9-4-3-8-18(20)22;1-12-11-13(2)15-9-10-19-21-17(8-7-14(12)20(15)21)16-5-3-4-6-18(16)22-19;1-10-7-8-15-12(3)9-11(2)14-6-4-5-13(10)16(14)15;2*7-5-3-1-2-4-6(5)8;/h3-15H,1-2,16,32H2;4-12H,2-3,13H2,1H3;3-11H,1-2,12,22H2;3-10H,1-2,11H2;4-8H,2-3,9H2,1H3;2*1-4,8H,7H2;1H4. The lowest BCUT2D eigenvalue weighted by Gasteiger charge is -2.27. The monoisotopic (exact) mass is 1850 g/mol. The first-order chi connectivity index (χ1) is 65.9. The predicted octanol–water partition coefficient (Wildman–Crippen LogP) is 37.1. The molecule has 0 amide bonds. The van der Waals surface area contributed by atoms with Gasteiger partial charge in [0.1, 0.15) is 0 Å². The van der Waals surface area contributed by atoms with Gasteiger partial charge in [0, 0.05) is 67.3 Å². The van der Waals surface area contributed by atoms with Crippen molar-refractivity contribution in [3.63, 3.8) is 0 Å². The number of hydrogen-bond acceptors (Lipinski definition) is 9. The first kappa shape index (κ1) is 90.2. The molecule has 21 aromatic carbocycles. The Labute approximate surface area is 825 Å². The molecule has 0 fully saturated rings. The highest BCUT2D eigenvalue weighted by Crippen LogP contribution is 2.56. The first-order valence-corrected chi connectivity index (χ1v) is 49.0. The zero-order chi connectivity index (χ0) is 93.9. The lowest BCUT2D eigenvalue weighted by molar-refractivity contribution is 1.34. The van der Waals surface area contributed by atoms with Gasteiger partial charge in [-0.25, -0.2) is 0 Å². The Morgan fingerprint density at radius 1 is 0.204 bits per heavy atom. The number of rotatable bonds is 4. The molecule has 0 radical (unpaired) electrons. The van der Waals surface area contributed by atoms with Crippen LogP contribution in [0.15, 0.2) is 420 Å². The van der Waals surface area contributed by atoms with Crippen LogP contribution >= 0.6 is 60.5 Å². The SMILES string of the molecule is C.C=C1CC(=C)c2ccc(C)c3cccc1c23.C=C1CC(=C)c2ccc(Sc3ccccc3N)c3cccc1c23.C=C1CC(=C)c2ccc3c4c(ccc1c24)Sc1ccccc1-3.C=C1CC(=C)c2ccc3c4ccc(C)c5cccc(c6ccc1c2c63)c54.C=C1CC(=C)c2ccc3c4ccc(Sc5ccccc5N)c5cccc(c6ccc1c2c63)c54.Nc1ccccc1S.Nc1ccccc1S. The van der Waals surface area contributed by atoms with Crippen molar-refractivity contribution in [2.75, 3.05) is 22.9 Å². The smallest absolute Gasteiger partial charge is 0.0455 e. The molecule has 137 heavy (non-hydrogen) atoms. The van der Waals surface area contributed by atoms with Crippen LogP contribution in [0.4, 0.5) is 22.7 Å². The van der Waals surface area contributed by atoms with Crippen LogP contribution in [0, 0.1) is 13.8 Å². The van der Waals surface area contributed by atoms with E-state index in [4.69, 9.17) is 22.9 Å². The van der Waals surface area contributed by atoms with Gasteiger partial charge in [0.15, 0.2) is 0 Å². The van der Waals surface area contributed by atoms with E-state index in [1.807, 2.05) is 96.7 Å². The molecule has 0 aromatic heterocycles. The van der Waals surface area contributed by atoms with Crippen LogP contribution in [-0.4, -0.2) is 0 Å². The summed E-state index contributed by atoms with van der Waals surface area (Å²) in [6, 6.07) is 111. The third-order valence-corrected chi connectivity index (χ3v) is 31.9. The third-order valence-electron chi connectivity index (χ3n) is 27.6. The van der Waals surface area contributed by atoms with Crippen molar-refractivity contribution >= 4 is 258 Å². The molecule has 0 spiro atoms. The molecule has 8 N–H and O–H groups in total. The van der Waals surface area contributed by atoms with Gasteiger partial charge in [0.25, 0.3) is 0 Å². The fraction of sp³-hybridized carbons (Fsp3) is 0.0625. The lowest BCUT2D eigenvalue weighted by atomic mass is 9.79. The number of aryl methyl sites for hydroxylation is 2. The van der Waals surface area contributed by atoms with E-state index in [-0.39, 0.29) is 7.43 Å². The summed E-state index contributed by atoms with van der Waals surface area (Å²) >= 11 is 13.5. The number of fused-ring (bicyclic) bond motifs is 6. The minimum atomic E-state index is 0. The molecule has 1 aliphatic heterocycles. The van der Waals surface area contributed by atoms with Gasteiger partial charge in [-0.2, -0.15) is 0 Å². The van der Waals surface area contributed by atoms with E-state index >= 15 is 0 Å². The van der Waals surface area contributed by atoms with Crippen LogP contribution in [0.25, 0.3) is 185 Å². The summed E-state index contributed by atoms with van der Waals surface area (Å²) in [6.45, 7) is 47.0. The molecule has 664 valence electrons. The molecule has 0 saturated carbocycles. The number of benzene rings is 21. The molecule has 21 aromatic rings. The summed E-state index contributed by atoms with van der Waals surface area (Å²) in [5.74, 6) is 0. The molecule has 6 aliphatic rings. The maximum absolute atomic E-state index is 6.26. The predicted molar refractivity (Wildman–Crippen MR) is 613 cm³/mol. The van der Waals surface area contributed by atoms with Crippen molar-refractivity contribution in [3.05, 3.63) is 448 Å². The number of hydrogen-bond donors (Lipinski definition) is 6. The van der Waals surface area contributed by atoms with Gasteiger partial charge < -0.3 is 22.9 Å². The highest BCUT2D eigenvalue weighted by atomic mass is 32.2. The Morgan fingerprint density at radius 2 is 0.467 bits per heavy atom. The molecule has 5 aliphatic carbocycles. The Balaban J connectivity index is 0.000000103. The van der Waals surface area contributed by atoms with E-state index in [9.17, 15) is 0 Å². The van der Waals surface area contributed by atoms with Crippen LogP contribution in [0.3, 0.4) is 0 Å². The van der Waals surface area contributed by atoms with E-state index in [1.165, 1.54) is 249 Å². The number of nitrogens with two attached hydrogens (primary N) is 4. The fourth-order valence-electron chi connectivity index (χ4n) is 21.0. The van der Waals surface area contributed by atoms with Gasteiger partial charge in [-0.3, -0.25) is 0 Å². The second-order valence-electron chi connectivity index (χ2n) is 36.1. The Hall–Kier alpha value is -14.7. The topological polar surface area (TPSA) is 104 Å². The summed E-state index contributed by atoms with van der Waals surface area (Å²) in [5.41, 5.74) is 56.2. The van der Waals surface area contributed by atoms with Crippen LogP contribution in [0.1, 0.15) is 106 Å². The highest BCUT2D eigenvalue weighted by Gasteiger charge is 2.30. The van der Waals surface area contributed by atoms with Gasteiger partial charge in [0.05, 0.1) is 0 Å². The normalized spacial score (nSPS) is 13.5. The molecular formula is C128H102N4S5. The minimum absolute atomic E-state index is 0. The van der Waals surface area contributed by atoms with Gasteiger partial charge >= 0.3 is 0 Å². The second kappa shape index (κ2) is 36.5. The maximum Gasteiger partial charge on any atom is 0.0455 e. The summed E-state index contributed by atoms with van der Waals surface area (Å²) in [5, 5.41) is 29.1.